The van der Waals surface area contributed by atoms with Crippen LogP contribution >= 0.6 is 0 Å². The first-order valence-electron chi connectivity index (χ1n) is 4.98. The minimum absolute atomic E-state index is 0.217. The highest BCUT2D eigenvalue weighted by Gasteiger charge is 2.07. The number of fused-ring (bicyclic) bond motifs is 1. The number of nitrogens with zero attached hydrogens (tertiary/aromatic N) is 2. The smallest absolute Gasteiger partial charge is 0.125 e. The third-order valence-corrected chi connectivity index (χ3v) is 2.53. The summed E-state index contributed by atoms with van der Waals surface area (Å²) < 4.78 is 15.0. The first-order chi connectivity index (χ1) is 7.22. The van der Waals surface area contributed by atoms with Crippen LogP contribution in [0.5, 0.6) is 0 Å². The molecule has 1 aromatic heterocycles. The van der Waals surface area contributed by atoms with Gasteiger partial charge in [0, 0.05) is 20.0 Å². The monoisotopic (exact) mass is 207 g/mol. The minimum Gasteiger partial charge on any atom is -0.331 e. The highest BCUT2D eigenvalue weighted by Crippen LogP contribution is 2.16. The molecule has 0 aliphatic carbocycles. The van der Waals surface area contributed by atoms with Gasteiger partial charge in [0.05, 0.1) is 11.0 Å². The molecule has 0 fully saturated rings. The van der Waals surface area contributed by atoms with Gasteiger partial charge >= 0.3 is 0 Å². The molecule has 0 radical (unpaired) electrons. The Morgan fingerprint density at radius 3 is 3.00 bits per heavy atom. The molecule has 1 heterocycles. The van der Waals surface area contributed by atoms with Gasteiger partial charge < -0.3 is 9.88 Å². The first-order valence-corrected chi connectivity index (χ1v) is 4.98. The largest absolute Gasteiger partial charge is 0.331 e. The number of aromatic nitrogens is 2. The van der Waals surface area contributed by atoms with Gasteiger partial charge in [-0.05, 0) is 25.2 Å². The quantitative estimate of drug-likeness (QED) is 0.826. The average Bonchev–Trinajstić information content (AvgIpc) is 2.53. The maximum atomic E-state index is 13.0. The van der Waals surface area contributed by atoms with E-state index in [0.29, 0.717) is 0 Å². The summed E-state index contributed by atoms with van der Waals surface area (Å²) in [5, 5.41) is 3.07. The van der Waals surface area contributed by atoms with Crippen LogP contribution in [0.4, 0.5) is 4.39 Å². The lowest BCUT2D eigenvalue weighted by Gasteiger charge is -2.01. The molecule has 2 aromatic rings. The van der Waals surface area contributed by atoms with Crippen LogP contribution < -0.4 is 5.32 Å². The summed E-state index contributed by atoms with van der Waals surface area (Å²) in [5.41, 5.74) is 1.70. The zero-order valence-corrected chi connectivity index (χ0v) is 8.92. The fourth-order valence-electron chi connectivity index (χ4n) is 1.67. The summed E-state index contributed by atoms with van der Waals surface area (Å²) in [6.45, 7) is 0.875. The Labute approximate surface area is 87.9 Å². The van der Waals surface area contributed by atoms with E-state index in [2.05, 4.69) is 10.3 Å². The van der Waals surface area contributed by atoms with E-state index in [1.54, 1.807) is 6.07 Å². The standard InChI is InChI=1S/C11H14FN3/c1-13-6-5-11-14-9-4-3-8(12)7-10(9)15(11)2/h3-4,7,13H,5-6H2,1-2H3. The van der Waals surface area contributed by atoms with E-state index < -0.39 is 0 Å². The number of aryl methyl sites for hydroxylation is 1. The van der Waals surface area contributed by atoms with Crippen molar-refractivity contribution in [2.45, 2.75) is 6.42 Å². The Morgan fingerprint density at radius 1 is 1.47 bits per heavy atom. The van der Waals surface area contributed by atoms with Gasteiger partial charge in [0.25, 0.3) is 0 Å². The Bertz CT molecular complexity index is 476. The molecule has 0 saturated carbocycles. The molecule has 0 spiro atoms. The van der Waals surface area contributed by atoms with Gasteiger partial charge in [-0.3, -0.25) is 0 Å². The maximum absolute atomic E-state index is 13.0. The highest BCUT2D eigenvalue weighted by molar-refractivity contribution is 5.75. The Morgan fingerprint density at radius 2 is 2.27 bits per heavy atom. The van der Waals surface area contributed by atoms with Gasteiger partial charge in [0.2, 0.25) is 0 Å². The second-order valence-electron chi connectivity index (χ2n) is 3.57. The van der Waals surface area contributed by atoms with Crippen molar-refractivity contribution in [3.63, 3.8) is 0 Å². The fraction of sp³-hybridized carbons (Fsp3) is 0.364. The number of halogens is 1. The number of rotatable bonds is 3. The molecule has 0 bridgehead atoms. The number of hydrogen-bond donors (Lipinski definition) is 1. The predicted octanol–water partition coefficient (Wildman–Crippen LogP) is 1.47. The lowest BCUT2D eigenvalue weighted by atomic mass is 10.3. The maximum Gasteiger partial charge on any atom is 0.125 e. The van der Waals surface area contributed by atoms with Gasteiger partial charge in [-0.1, -0.05) is 0 Å². The Kier molecular flexibility index (Phi) is 2.68. The van der Waals surface area contributed by atoms with Crippen molar-refractivity contribution in [3.8, 4) is 0 Å². The lowest BCUT2D eigenvalue weighted by molar-refractivity contribution is 0.628. The molecule has 0 amide bonds. The predicted molar refractivity (Wildman–Crippen MR) is 58.3 cm³/mol. The molecule has 0 aliphatic heterocycles. The fourth-order valence-corrected chi connectivity index (χ4v) is 1.67. The number of benzene rings is 1. The van der Waals surface area contributed by atoms with Crippen molar-refractivity contribution in [2.75, 3.05) is 13.6 Å². The summed E-state index contributed by atoms with van der Waals surface area (Å²) in [4.78, 5) is 4.45. The number of imidazole rings is 1. The van der Waals surface area contributed by atoms with Gasteiger partial charge in [-0.15, -0.1) is 0 Å². The van der Waals surface area contributed by atoms with Crippen molar-refractivity contribution >= 4 is 11.0 Å². The highest BCUT2D eigenvalue weighted by atomic mass is 19.1. The molecule has 4 heteroatoms. The second kappa shape index (κ2) is 3.98. The van der Waals surface area contributed by atoms with Crippen LogP contribution in [0.1, 0.15) is 5.82 Å². The number of likely N-dealkylation sites (N-methyl/N-ethyl adjacent to an activating group) is 1. The molecule has 2 rings (SSSR count). The van der Waals surface area contributed by atoms with Crippen molar-refractivity contribution in [1.29, 1.82) is 0 Å². The molecule has 0 unspecified atom stereocenters. The molecule has 0 saturated heterocycles. The van der Waals surface area contributed by atoms with E-state index in [0.717, 1.165) is 29.8 Å². The van der Waals surface area contributed by atoms with Crippen LogP contribution in [0.3, 0.4) is 0 Å². The Hall–Kier alpha value is -1.42. The summed E-state index contributed by atoms with van der Waals surface area (Å²) in [7, 11) is 3.82. The Balaban J connectivity index is 2.45. The summed E-state index contributed by atoms with van der Waals surface area (Å²) in [5.74, 6) is 0.760. The third-order valence-electron chi connectivity index (χ3n) is 2.53. The molecular weight excluding hydrogens is 193 g/mol. The topological polar surface area (TPSA) is 29.9 Å². The molecule has 3 nitrogen and oxygen atoms in total. The van der Waals surface area contributed by atoms with E-state index in [1.807, 2.05) is 18.7 Å². The molecular formula is C11H14FN3. The van der Waals surface area contributed by atoms with Crippen molar-refractivity contribution in [3.05, 3.63) is 29.8 Å². The van der Waals surface area contributed by atoms with E-state index in [1.165, 1.54) is 12.1 Å². The van der Waals surface area contributed by atoms with Crippen LogP contribution in [0, 0.1) is 5.82 Å². The van der Waals surface area contributed by atoms with Crippen LogP contribution in [0.2, 0.25) is 0 Å². The van der Waals surface area contributed by atoms with Crippen molar-refractivity contribution < 1.29 is 4.39 Å². The van der Waals surface area contributed by atoms with Crippen LogP contribution in [0.25, 0.3) is 11.0 Å². The SMILES string of the molecule is CNCCc1nc2ccc(F)cc2n1C. The summed E-state index contributed by atoms with van der Waals surface area (Å²) in [6.07, 6.45) is 0.850. The zero-order chi connectivity index (χ0) is 10.8. The minimum atomic E-state index is -0.217. The van der Waals surface area contributed by atoms with E-state index in [-0.39, 0.29) is 5.82 Å². The molecule has 1 N–H and O–H groups in total. The number of nitrogens with one attached hydrogen (secondary N) is 1. The lowest BCUT2D eigenvalue weighted by Crippen LogP contribution is -2.12. The zero-order valence-electron chi connectivity index (χ0n) is 8.92. The van der Waals surface area contributed by atoms with Crippen molar-refractivity contribution in [1.82, 2.24) is 14.9 Å². The summed E-state index contributed by atoms with van der Waals surface area (Å²) in [6, 6.07) is 4.68. The van der Waals surface area contributed by atoms with Crippen LogP contribution in [-0.2, 0) is 13.5 Å². The van der Waals surface area contributed by atoms with E-state index >= 15 is 0 Å². The first kappa shape index (κ1) is 10.1. The molecule has 1 aromatic carbocycles. The van der Waals surface area contributed by atoms with Gasteiger partial charge in [0.15, 0.2) is 0 Å². The van der Waals surface area contributed by atoms with Gasteiger partial charge in [-0.2, -0.15) is 0 Å². The summed E-state index contributed by atoms with van der Waals surface area (Å²) >= 11 is 0. The van der Waals surface area contributed by atoms with Gasteiger partial charge in [-0.25, -0.2) is 9.37 Å². The van der Waals surface area contributed by atoms with Crippen molar-refractivity contribution in [2.24, 2.45) is 7.05 Å². The van der Waals surface area contributed by atoms with Gasteiger partial charge in [0.1, 0.15) is 11.6 Å². The molecule has 0 atom stereocenters. The molecule has 0 aliphatic rings. The van der Waals surface area contributed by atoms with E-state index in [4.69, 9.17) is 0 Å². The average molecular weight is 207 g/mol. The number of hydrogen-bond acceptors (Lipinski definition) is 2. The molecule has 80 valence electrons. The van der Waals surface area contributed by atoms with Crippen LogP contribution in [0.15, 0.2) is 18.2 Å². The second-order valence-corrected chi connectivity index (χ2v) is 3.57. The van der Waals surface area contributed by atoms with E-state index in [9.17, 15) is 4.39 Å². The molecule has 15 heavy (non-hydrogen) atoms. The normalized spacial score (nSPS) is 11.1. The van der Waals surface area contributed by atoms with Crippen LogP contribution in [-0.4, -0.2) is 23.1 Å². The third kappa shape index (κ3) is 1.85.